The Morgan fingerprint density at radius 3 is 2.53 bits per heavy atom. The highest BCUT2D eigenvalue weighted by molar-refractivity contribution is 5.20. The fourth-order valence-corrected chi connectivity index (χ4v) is 1.62. The number of aryl methyl sites for hydroxylation is 1. The summed E-state index contributed by atoms with van der Waals surface area (Å²) in [4.78, 5) is 0. The number of benzene rings is 1. The third-order valence-corrected chi connectivity index (χ3v) is 2.50. The molecule has 0 aliphatic heterocycles. The van der Waals surface area contributed by atoms with Crippen molar-refractivity contribution in [1.82, 2.24) is 0 Å². The number of hydrogen-bond acceptors (Lipinski definition) is 2. The Kier molecular flexibility index (Phi) is 3.24. The van der Waals surface area contributed by atoms with E-state index in [0.717, 1.165) is 12.1 Å². The Bertz CT molecular complexity index is 520. The minimum absolute atomic E-state index is 0.185. The van der Waals surface area contributed by atoms with Gasteiger partial charge in [-0.3, -0.25) is 0 Å². The van der Waals surface area contributed by atoms with Crippen LogP contribution in [0.2, 0.25) is 0 Å². The third-order valence-electron chi connectivity index (χ3n) is 2.50. The Hall–Kier alpha value is -1.68. The maximum Gasteiger partial charge on any atom is 0.159 e. The second-order valence-corrected chi connectivity index (χ2v) is 3.92. The topological polar surface area (TPSA) is 33.4 Å². The summed E-state index contributed by atoms with van der Waals surface area (Å²) in [7, 11) is 0. The molecule has 0 spiro atoms. The van der Waals surface area contributed by atoms with Crippen LogP contribution in [0, 0.1) is 18.6 Å². The summed E-state index contributed by atoms with van der Waals surface area (Å²) in [6.45, 7) is 1.77. The zero-order valence-electron chi connectivity index (χ0n) is 9.28. The molecule has 0 bridgehead atoms. The molecule has 0 aliphatic carbocycles. The molecule has 2 nitrogen and oxygen atoms in total. The Balaban J connectivity index is 2.12. The minimum Gasteiger partial charge on any atom is -0.464 e. The average molecular weight is 238 g/mol. The Morgan fingerprint density at radius 2 is 1.94 bits per heavy atom. The molecule has 0 radical (unpaired) electrons. The molecule has 90 valence electrons. The van der Waals surface area contributed by atoms with Crippen LogP contribution in [0.5, 0.6) is 0 Å². The molecule has 2 aromatic rings. The van der Waals surface area contributed by atoms with Gasteiger partial charge in [0.25, 0.3) is 0 Å². The van der Waals surface area contributed by atoms with Crippen LogP contribution in [0.1, 0.15) is 23.2 Å². The number of furan rings is 1. The highest BCUT2D eigenvalue weighted by Crippen LogP contribution is 2.21. The Labute approximate surface area is 97.5 Å². The first kappa shape index (κ1) is 11.8. The van der Waals surface area contributed by atoms with Crippen molar-refractivity contribution in [3.63, 3.8) is 0 Å². The van der Waals surface area contributed by atoms with Gasteiger partial charge in [-0.05, 0) is 36.8 Å². The first-order valence-electron chi connectivity index (χ1n) is 5.24. The SMILES string of the molecule is Cc1ccc(C(O)Cc2ccc(F)c(F)c2)o1. The van der Waals surface area contributed by atoms with Gasteiger partial charge < -0.3 is 9.52 Å². The molecule has 2 rings (SSSR count). The van der Waals surface area contributed by atoms with Gasteiger partial charge in [0.1, 0.15) is 17.6 Å². The number of rotatable bonds is 3. The molecule has 1 aromatic heterocycles. The van der Waals surface area contributed by atoms with Crippen LogP contribution in [0.25, 0.3) is 0 Å². The Morgan fingerprint density at radius 1 is 1.18 bits per heavy atom. The smallest absolute Gasteiger partial charge is 0.159 e. The first-order chi connectivity index (χ1) is 8.06. The summed E-state index contributed by atoms with van der Waals surface area (Å²) < 4.78 is 30.9. The van der Waals surface area contributed by atoms with E-state index < -0.39 is 17.7 Å². The molecule has 17 heavy (non-hydrogen) atoms. The van der Waals surface area contributed by atoms with Crippen molar-refractivity contribution in [2.75, 3.05) is 0 Å². The zero-order chi connectivity index (χ0) is 12.4. The summed E-state index contributed by atoms with van der Waals surface area (Å²) in [6, 6.07) is 6.97. The van der Waals surface area contributed by atoms with Gasteiger partial charge in [0, 0.05) is 6.42 Å². The summed E-state index contributed by atoms with van der Waals surface area (Å²) in [5, 5.41) is 9.84. The van der Waals surface area contributed by atoms with E-state index in [9.17, 15) is 13.9 Å². The van der Waals surface area contributed by atoms with Gasteiger partial charge in [-0.15, -0.1) is 0 Å². The quantitative estimate of drug-likeness (QED) is 0.891. The van der Waals surface area contributed by atoms with Crippen LogP contribution in [0.15, 0.2) is 34.7 Å². The van der Waals surface area contributed by atoms with Crippen LogP contribution in [0.4, 0.5) is 8.78 Å². The zero-order valence-corrected chi connectivity index (χ0v) is 9.28. The third kappa shape index (κ3) is 2.71. The van der Waals surface area contributed by atoms with E-state index in [-0.39, 0.29) is 6.42 Å². The molecule has 1 N–H and O–H groups in total. The van der Waals surface area contributed by atoms with Crippen LogP contribution in [0.3, 0.4) is 0 Å². The molecular formula is C13H12F2O2. The van der Waals surface area contributed by atoms with Crippen molar-refractivity contribution >= 4 is 0 Å². The molecule has 0 saturated carbocycles. The van der Waals surface area contributed by atoms with Gasteiger partial charge in [0.05, 0.1) is 0 Å². The standard InChI is InChI=1S/C13H12F2O2/c1-8-2-5-13(17-8)12(16)7-9-3-4-10(14)11(15)6-9/h2-6,12,16H,7H2,1H3. The van der Waals surface area contributed by atoms with Crippen molar-refractivity contribution in [3.05, 3.63) is 59.1 Å². The van der Waals surface area contributed by atoms with E-state index in [1.807, 2.05) is 0 Å². The lowest BCUT2D eigenvalue weighted by atomic mass is 10.1. The van der Waals surface area contributed by atoms with E-state index in [1.165, 1.54) is 6.07 Å². The van der Waals surface area contributed by atoms with Crippen LogP contribution in [-0.4, -0.2) is 5.11 Å². The first-order valence-corrected chi connectivity index (χ1v) is 5.24. The molecule has 0 aliphatic rings. The van der Waals surface area contributed by atoms with E-state index in [2.05, 4.69) is 0 Å². The van der Waals surface area contributed by atoms with Crippen molar-refractivity contribution in [1.29, 1.82) is 0 Å². The summed E-state index contributed by atoms with van der Waals surface area (Å²) in [5.41, 5.74) is 0.519. The van der Waals surface area contributed by atoms with Gasteiger partial charge >= 0.3 is 0 Å². The molecule has 0 saturated heterocycles. The number of aliphatic hydroxyl groups is 1. The predicted octanol–water partition coefficient (Wildman–Crippen LogP) is 3.14. The van der Waals surface area contributed by atoms with Crippen LogP contribution >= 0.6 is 0 Å². The van der Waals surface area contributed by atoms with Crippen LogP contribution in [-0.2, 0) is 6.42 Å². The van der Waals surface area contributed by atoms with Gasteiger partial charge in [-0.25, -0.2) is 8.78 Å². The highest BCUT2D eigenvalue weighted by atomic mass is 19.2. The van der Waals surface area contributed by atoms with Crippen molar-refractivity contribution in [2.45, 2.75) is 19.4 Å². The molecule has 1 aromatic carbocycles. The fraction of sp³-hybridized carbons (Fsp3) is 0.231. The largest absolute Gasteiger partial charge is 0.464 e. The lowest BCUT2D eigenvalue weighted by molar-refractivity contribution is 0.148. The maximum atomic E-state index is 13.0. The monoisotopic (exact) mass is 238 g/mol. The normalized spacial score (nSPS) is 12.7. The van der Waals surface area contributed by atoms with Gasteiger partial charge in [-0.2, -0.15) is 0 Å². The average Bonchev–Trinajstić information content (AvgIpc) is 2.70. The predicted molar refractivity (Wildman–Crippen MR) is 58.5 cm³/mol. The molecule has 1 atom stereocenters. The summed E-state index contributed by atoms with van der Waals surface area (Å²) in [6.07, 6.45) is -0.669. The van der Waals surface area contributed by atoms with E-state index in [0.29, 0.717) is 17.1 Å². The van der Waals surface area contributed by atoms with E-state index in [4.69, 9.17) is 4.42 Å². The summed E-state index contributed by atoms with van der Waals surface area (Å²) in [5.74, 6) is -0.682. The van der Waals surface area contributed by atoms with Gasteiger partial charge in [0.2, 0.25) is 0 Å². The maximum absolute atomic E-state index is 13.0. The molecule has 4 heteroatoms. The molecule has 1 heterocycles. The van der Waals surface area contributed by atoms with E-state index in [1.54, 1.807) is 19.1 Å². The molecule has 0 fully saturated rings. The molecule has 1 unspecified atom stereocenters. The van der Waals surface area contributed by atoms with Crippen LogP contribution < -0.4 is 0 Å². The van der Waals surface area contributed by atoms with Gasteiger partial charge in [0.15, 0.2) is 11.6 Å². The van der Waals surface area contributed by atoms with Gasteiger partial charge in [-0.1, -0.05) is 6.07 Å². The van der Waals surface area contributed by atoms with Crippen molar-refractivity contribution in [2.24, 2.45) is 0 Å². The molecular weight excluding hydrogens is 226 g/mol. The van der Waals surface area contributed by atoms with Crippen molar-refractivity contribution in [3.8, 4) is 0 Å². The lowest BCUT2D eigenvalue weighted by Crippen LogP contribution is -2.01. The fourth-order valence-electron chi connectivity index (χ4n) is 1.62. The minimum atomic E-state index is -0.912. The van der Waals surface area contributed by atoms with E-state index >= 15 is 0 Å². The lowest BCUT2D eigenvalue weighted by Gasteiger charge is -2.08. The summed E-state index contributed by atoms with van der Waals surface area (Å²) >= 11 is 0. The highest BCUT2D eigenvalue weighted by Gasteiger charge is 2.13. The number of hydrogen-bond donors (Lipinski definition) is 1. The molecule has 0 amide bonds. The number of aliphatic hydroxyl groups excluding tert-OH is 1. The number of halogens is 2. The second kappa shape index (κ2) is 4.67. The second-order valence-electron chi connectivity index (χ2n) is 3.92. The van der Waals surface area contributed by atoms with Crippen molar-refractivity contribution < 1.29 is 18.3 Å².